The first kappa shape index (κ1) is 17.8. The van der Waals surface area contributed by atoms with Crippen LogP contribution in [-0.4, -0.2) is 28.0 Å². The number of amides is 1. The van der Waals surface area contributed by atoms with Crippen LogP contribution in [0.1, 0.15) is 12.0 Å². The molecule has 1 N–H and O–H groups in total. The minimum Gasteiger partial charge on any atom is -0.482 e. The minimum absolute atomic E-state index is 0.0350. The van der Waals surface area contributed by atoms with Crippen LogP contribution < -0.4 is 14.4 Å². The first-order valence-electron chi connectivity index (χ1n) is 7.93. The van der Waals surface area contributed by atoms with Crippen molar-refractivity contribution in [1.82, 2.24) is 0 Å². The van der Waals surface area contributed by atoms with Gasteiger partial charge in [-0.15, -0.1) is 0 Å². The third kappa shape index (κ3) is 3.63. The number of carbonyl (C=O) groups excluding carboxylic acids is 1. The molecule has 8 heteroatoms. The fourth-order valence-corrected chi connectivity index (χ4v) is 3.63. The van der Waals surface area contributed by atoms with Crippen molar-refractivity contribution in [1.29, 1.82) is 5.26 Å². The van der Waals surface area contributed by atoms with Gasteiger partial charge in [0, 0.05) is 13.5 Å². The summed E-state index contributed by atoms with van der Waals surface area (Å²) in [6.07, 6.45) is 0.962. The zero-order valence-corrected chi connectivity index (χ0v) is 14.9. The molecule has 0 saturated carbocycles. The molecule has 134 valence electrons. The largest absolute Gasteiger partial charge is 0.482 e. The molecule has 3 rings (SSSR count). The Labute approximate surface area is 151 Å². The van der Waals surface area contributed by atoms with Gasteiger partial charge < -0.3 is 9.64 Å². The van der Waals surface area contributed by atoms with Gasteiger partial charge in [0.15, 0.2) is 6.61 Å². The number of nitrogens with zero attached hydrogens (tertiary/aromatic N) is 2. The predicted octanol–water partition coefficient (Wildman–Crippen LogP) is 2.30. The van der Waals surface area contributed by atoms with Crippen LogP contribution in [0.5, 0.6) is 5.75 Å². The third-order valence-corrected chi connectivity index (χ3v) is 5.45. The Hall–Kier alpha value is -3.05. The van der Waals surface area contributed by atoms with Crippen LogP contribution in [0.15, 0.2) is 47.4 Å². The molecule has 7 nitrogen and oxygen atoms in total. The molecule has 0 aliphatic carbocycles. The lowest BCUT2D eigenvalue weighted by Gasteiger charge is -2.26. The Morgan fingerprint density at radius 2 is 1.96 bits per heavy atom. The number of ether oxygens (including phenoxy) is 1. The summed E-state index contributed by atoms with van der Waals surface area (Å²) < 4.78 is 33.0. The molecular weight excluding hydrogens is 354 g/mol. The van der Waals surface area contributed by atoms with E-state index < -0.39 is 10.0 Å². The number of likely N-dealkylation sites (N-methyl/N-ethyl adjacent to an activating group) is 1. The third-order valence-electron chi connectivity index (χ3n) is 4.06. The van der Waals surface area contributed by atoms with Crippen LogP contribution in [0.25, 0.3) is 0 Å². The summed E-state index contributed by atoms with van der Waals surface area (Å²) in [5.41, 5.74) is 1.74. The molecule has 0 fully saturated rings. The molecule has 0 saturated heterocycles. The van der Waals surface area contributed by atoms with Gasteiger partial charge in [0.2, 0.25) is 0 Å². The lowest BCUT2D eigenvalue weighted by molar-refractivity contribution is -0.120. The van der Waals surface area contributed by atoms with Gasteiger partial charge in [0.25, 0.3) is 15.9 Å². The van der Waals surface area contributed by atoms with E-state index in [0.29, 0.717) is 30.0 Å². The monoisotopic (exact) mass is 371 g/mol. The molecule has 2 aromatic rings. The maximum atomic E-state index is 12.6. The molecule has 1 aliphatic rings. The van der Waals surface area contributed by atoms with Crippen molar-refractivity contribution in [3.05, 3.63) is 48.0 Å². The quantitative estimate of drug-likeness (QED) is 0.869. The van der Waals surface area contributed by atoms with Crippen LogP contribution >= 0.6 is 0 Å². The number of rotatable bonds is 5. The van der Waals surface area contributed by atoms with Crippen LogP contribution in [-0.2, 0) is 21.2 Å². The number of anilines is 2. The topological polar surface area (TPSA) is 99.5 Å². The highest BCUT2D eigenvalue weighted by Crippen LogP contribution is 2.34. The number of nitriles is 1. The van der Waals surface area contributed by atoms with Crippen molar-refractivity contribution in [3.8, 4) is 11.8 Å². The normalized spacial score (nSPS) is 13.5. The molecule has 0 unspecified atom stereocenters. The average molecular weight is 371 g/mol. The summed E-state index contributed by atoms with van der Waals surface area (Å²) in [4.78, 5) is 13.3. The Bertz CT molecular complexity index is 978. The van der Waals surface area contributed by atoms with Gasteiger partial charge in [-0.1, -0.05) is 12.1 Å². The van der Waals surface area contributed by atoms with Gasteiger partial charge in [-0.2, -0.15) is 5.26 Å². The number of aryl methyl sites for hydroxylation is 1. The van der Waals surface area contributed by atoms with Crippen LogP contribution in [0.3, 0.4) is 0 Å². The summed E-state index contributed by atoms with van der Waals surface area (Å²) in [5, 5.41) is 8.61. The molecule has 0 atom stereocenters. The Morgan fingerprint density at radius 3 is 2.65 bits per heavy atom. The van der Waals surface area contributed by atoms with Crippen LogP contribution in [0.2, 0.25) is 0 Å². The highest BCUT2D eigenvalue weighted by atomic mass is 32.2. The summed E-state index contributed by atoms with van der Waals surface area (Å²) in [6.45, 7) is -0.0350. The highest BCUT2D eigenvalue weighted by Gasteiger charge is 2.23. The van der Waals surface area contributed by atoms with Crippen LogP contribution in [0.4, 0.5) is 11.4 Å². The Balaban J connectivity index is 1.82. The van der Waals surface area contributed by atoms with Crippen molar-refractivity contribution in [2.75, 3.05) is 23.3 Å². The van der Waals surface area contributed by atoms with Gasteiger partial charge >= 0.3 is 0 Å². The zero-order chi connectivity index (χ0) is 18.7. The molecule has 1 heterocycles. The maximum Gasteiger partial charge on any atom is 0.264 e. The number of benzene rings is 2. The highest BCUT2D eigenvalue weighted by molar-refractivity contribution is 7.92. The van der Waals surface area contributed by atoms with Crippen molar-refractivity contribution < 1.29 is 17.9 Å². The van der Waals surface area contributed by atoms with E-state index in [2.05, 4.69) is 10.8 Å². The second-order valence-electron chi connectivity index (χ2n) is 5.83. The molecule has 1 amide bonds. The lowest BCUT2D eigenvalue weighted by atomic mass is 10.1. The number of hydrogen-bond donors (Lipinski definition) is 1. The van der Waals surface area contributed by atoms with E-state index in [0.717, 1.165) is 5.56 Å². The van der Waals surface area contributed by atoms with E-state index >= 15 is 0 Å². The van der Waals surface area contributed by atoms with E-state index in [1.165, 1.54) is 17.0 Å². The average Bonchev–Trinajstić information content (AvgIpc) is 2.63. The first-order valence-corrected chi connectivity index (χ1v) is 9.41. The fourth-order valence-electron chi connectivity index (χ4n) is 2.59. The van der Waals surface area contributed by atoms with Crippen molar-refractivity contribution >= 4 is 27.3 Å². The first-order chi connectivity index (χ1) is 12.4. The van der Waals surface area contributed by atoms with E-state index in [1.807, 2.05) is 0 Å². The van der Waals surface area contributed by atoms with Gasteiger partial charge in [-0.25, -0.2) is 8.42 Å². The van der Waals surface area contributed by atoms with Gasteiger partial charge in [0.05, 0.1) is 22.3 Å². The summed E-state index contributed by atoms with van der Waals surface area (Å²) in [7, 11) is -2.15. The number of hydrogen-bond acceptors (Lipinski definition) is 5. The lowest BCUT2D eigenvalue weighted by Crippen LogP contribution is -2.35. The predicted molar refractivity (Wildman–Crippen MR) is 96.5 cm³/mol. The zero-order valence-electron chi connectivity index (χ0n) is 14.1. The second kappa shape index (κ2) is 7.06. The van der Waals surface area contributed by atoms with E-state index in [4.69, 9.17) is 10.00 Å². The van der Waals surface area contributed by atoms with Crippen molar-refractivity contribution in [2.24, 2.45) is 0 Å². The molecular formula is C18H17N3O4S. The summed E-state index contributed by atoms with van der Waals surface area (Å²) in [6, 6.07) is 13.2. The van der Waals surface area contributed by atoms with Gasteiger partial charge in [-0.05, 0) is 42.3 Å². The van der Waals surface area contributed by atoms with Gasteiger partial charge in [-0.3, -0.25) is 9.52 Å². The van der Waals surface area contributed by atoms with Crippen molar-refractivity contribution in [3.63, 3.8) is 0 Å². The van der Waals surface area contributed by atoms with Crippen molar-refractivity contribution in [2.45, 2.75) is 17.7 Å². The summed E-state index contributed by atoms with van der Waals surface area (Å²) >= 11 is 0. The Kier molecular flexibility index (Phi) is 4.82. The molecule has 0 radical (unpaired) electrons. The number of fused-ring (bicyclic) bond motifs is 1. The molecule has 0 spiro atoms. The second-order valence-corrected chi connectivity index (χ2v) is 7.51. The smallest absolute Gasteiger partial charge is 0.264 e. The van der Waals surface area contributed by atoms with E-state index in [9.17, 15) is 13.2 Å². The SMILES string of the molecule is CN1C(=O)COc2ccc(NS(=O)(=O)c3ccc(CCC#N)cc3)cc21. The van der Waals surface area contributed by atoms with Gasteiger partial charge in [0.1, 0.15) is 5.75 Å². The maximum absolute atomic E-state index is 12.6. The molecule has 2 aromatic carbocycles. The van der Waals surface area contributed by atoms with Crippen LogP contribution in [0, 0.1) is 11.3 Å². The fraction of sp³-hybridized carbons (Fsp3) is 0.222. The van der Waals surface area contributed by atoms with E-state index in [1.54, 1.807) is 37.4 Å². The molecule has 0 bridgehead atoms. The van der Waals surface area contributed by atoms with E-state index in [-0.39, 0.29) is 17.4 Å². The number of nitrogens with one attached hydrogen (secondary N) is 1. The molecule has 1 aliphatic heterocycles. The Morgan fingerprint density at radius 1 is 1.23 bits per heavy atom. The minimum atomic E-state index is -3.77. The number of sulfonamides is 1. The molecule has 0 aromatic heterocycles. The standard InChI is InChI=1S/C18H17N3O4S/c1-21-16-11-14(6-9-17(16)25-12-18(21)22)20-26(23,24)15-7-4-13(5-8-15)3-2-10-19/h4-9,11,20H,2-3,12H2,1H3. The summed E-state index contributed by atoms with van der Waals surface area (Å²) in [5.74, 6) is 0.322. The number of carbonyl (C=O) groups is 1. The molecule has 26 heavy (non-hydrogen) atoms.